The zero-order valence-electron chi connectivity index (χ0n) is 37.8. The predicted molar refractivity (Wildman–Crippen MR) is 246 cm³/mol. The number of aromatic hydroxyl groups is 1. The number of benzene rings is 2. The standard InChI is InChI=1S/C52H78N2O7/c1-6-7-8-19-43(56)29-26-40-25-24-39-16-10-9-15-38(39)17-12-22-50(52(5,61)47(32-23-36(2)3)41-27-30-44(57)31-28-41)54-49(46(40)34-45(58)35-55)21-13-20-48-42(33-51(59)60)18-11-14-37(4)53-48/h9-10,15-16,26-31,36-37,42-43,45,47-50,53-58,61H,6-8,11,13-14,18-25,32-35H2,1-5H3,(H,59,60)/t37-,42-,43-,45-,47+,48-,49-,50+,52-/m0/s1. The average molecular weight is 843 g/mol. The van der Waals surface area contributed by atoms with Crippen molar-refractivity contribution >= 4 is 5.97 Å². The molecule has 1 fully saturated rings. The van der Waals surface area contributed by atoms with Crippen LogP contribution < -0.4 is 10.6 Å². The topological polar surface area (TPSA) is 163 Å². The lowest BCUT2D eigenvalue weighted by molar-refractivity contribution is -0.138. The largest absolute Gasteiger partial charge is 0.508 e. The number of nitrogens with one attached hydrogen (secondary N) is 2. The molecule has 1 saturated heterocycles. The van der Waals surface area contributed by atoms with Crippen LogP contribution in [0.1, 0.15) is 160 Å². The quantitative estimate of drug-likeness (QED) is 0.0454. The minimum Gasteiger partial charge on any atom is -0.508 e. The highest BCUT2D eigenvalue weighted by Crippen LogP contribution is 2.39. The van der Waals surface area contributed by atoms with Crippen molar-refractivity contribution in [3.05, 3.63) is 88.5 Å². The van der Waals surface area contributed by atoms with Crippen molar-refractivity contribution in [1.82, 2.24) is 10.6 Å². The van der Waals surface area contributed by atoms with E-state index in [-0.39, 0.29) is 48.6 Å². The summed E-state index contributed by atoms with van der Waals surface area (Å²) in [6.07, 6.45) is 14.4. The van der Waals surface area contributed by atoms with E-state index in [2.05, 4.69) is 56.2 Å². The van der Waals surface area contributed by atoms with Gasteiger partial charge in [0.25, 0.3) is 0 Å². The Balaban J connectivity index is 1.89. The van der Waals surface area contributed by atoms with Gasteiger partial charge in [-0.15, -0.1) is 0 Å². The van der Waals surface area contributed by atoms with Gasteiger partial charge in [-0.3, -0.25) is 4.79 Å². The maximum absolute atomic E-state index is 13.1. The third-order valence-corrected chi connectivity index (χ3v) is 13.2. The van der Waals surface area contributed by atoms with Gasteiger partial charge in [-0.25, -0.2) is 0 Å². The molecule has 0 bridgehead atoms. The van der Waals surface area contributed by atoms with Crippen LogP contribution in [-0.4, -0.2) is 85.2 Å². The van der Waals surface area contributed by atoms with E-state index in [0.29, 0.717) is 44.4 Å². The molecule has 2 aromatic carbocycles. The van der Waals surface area contributed by atoms with Crippen molar-refractivity contribution in [2.45, 2.75) is 192 Å². The highest BCUT2D eigenvalue weighted by molar-refractivity contribution is 5.67. The van der Waals surface area contributed by atoms with Crippen LogP contribution in [0.3, 0.4) is 0 Å². The number of fused-ring (bicyclic) bond motifs is 1. The first kappa shape index (κ1) is 50.2. The van der Waals surface area contributed by atoms with Crippen molar-refractivity contribution < 1.29 is 35.4 Å². The fourth-order valence-corrected chi connectivity index (χ4v) is 9.55. The number of aliphatic hydroxyl groups excluding tert-OH is 3. The van der Waals surface area contributed by atoms with Crippen molar-refractivity contribution in [2.75, 3.05) is 6.61 Å². The summed E-state index contributed by atoms with van der Waals surface area (Å²) in [6, 6.07) is 14.7. The maximum atomic E-state index is 13.1. The van der Waals surface area contributed by atoms with E-state index in [1.54, 1.807) is 12.1 Å². The number of rotatable bonds is 21. The normalized spacial score (nSPS) is 24.1. The van der Waals surface area contributed by atoms with E-state index in [1.165, 1.54) is 0 Å². The molecule has 61 heavy (non-hydrogen) atoms. The molecule has 9 atom stereocenters. The molecule has 0 spiro atoms. The van der Waals surface area contributed by atoms with Gasteiger partial charge in [0.2, 0.25) is 0 Å². The number of carboxylic acid groups (broad SMARTS) is 1. The Morgan fingerprint density at radius 1 is 0.967 bits per heavy atom. The maximum Gasteiger partial charge on any atom is 0.303 e. The molecular weight excluding hydrogens is 765 g/mol. The molecule has 4 rings (SSSR count). The van der Waals surface area contributed by atoms with Crippen LogP contribution in [0, 0.1) is 23.7 Å². The summed E-state index contributed by atoms with van der Waals surface area (Å²) in [6.45, 7) is 10.2. The second-order valence-electron chi connectivity index (χ2n) is 18.7. The van der Waals surface area contributed by atoms with Crippen molar-refractivity contribution in [3.63, 3.8) is 0 Å². The van der Waals surface area contributed by atoms with Gasteiger partial charge in [-0.1, -0.05) is 114 Å². The Morgan fingerprint density at radius 3 is 2.43 bits per heavy atom. The van der Waals surface area contributed by atoms with Crippen LogP contribution >= 0.6 is 0 Å². The molecule has 8 N–H and O–H groups in total. The lowest BCUT2D eigenvalue weighted by atomic mass is 9.73. The first-order chi connectivity index (χ1) is 29.2. The summed E-state index contributed by atoms with van der Waals surface area (Å²) in [5, 5.41) is 73.7. The molecule has 2 aromatic rings. The van der Waals surface area contributed by atoms with Gasteiger partial charge in [0.15, 0.2) is 0 Å². The van der Waals surface area contributed by atoms with Crippen LogP contribution in [0.2, 0.25) is 0 Å². The zero-order chi connectivity index (χ0) is 44.4. The molecule has 0 saturated carbocycles. The molecule has 2 heterocycles. The summed E-state index contributed by atoms with van der Waals surface area (Å²) in [4.78, 5) is 12.0. The highest BCUT2D eigenvalue weighted by atomic mass is 16.4. The number of aryl methyl sites for hydroxylation is 1. The molecule has 0 aliphatic carbocycles. The molecule has 2 aliphatic rings. The van der Waals surface area contributed by atoms with Gasteiger partial charge < -0.3 is 41.3 Å². The van der Waals surface area contributed by atoms with Gasteiger partial charge in [-0.05, 0) is 124 Å². The minimum atomic E-state index is -1.33. The van der Waals surface area contributed by atoms with Crippen LogP contribution in [0.25, 0.3) is 0 Å². The van der Waals surface area contributed by atoms with E-state index < -0.39 is 36.4 Å². The molecule has 2 aliphatic heterocycles. The van der Waals surface area contributed by atoms with Gasteiger partial charge in [0.1, 0.15) is 5.75 Å². The number of carboxylic acids is 1. The Hall–Kier alpha value is -3.49. The first-order valence-corrected chi connectivity index (χ1v) is 23.4. The molecule has 338 valence electrons. The second kappa shape index (κ2) is 25.6. The summed E-state index contributed by atoms with van der Waals surface area (Å²) in [7, 11) is 0. The summed E-state index contributed by atoms with van der Waals surface area (Å²) < 4.78 is 0. The highest BCUT2D eigenvalue weighted by Gasteiger charge is 2.42. The molecule has 9 nitrogen and oxygen atoms in total. The number of phenols is 1. The molecule has 0 aromatic heterocycles. The number of carbonyl (C=O) groups is 1. The van der Waals surface area contributed by atoms with E-state index in [1.807, 2.05) is 49.4 Å². The lowest BCUT2D eigenvalue weighted by Gasteiger charge is -2.43. The number of allylic oxidation sites excluding steroid dienone is 2. The Labute approximate surface area is 367 Å². The van der Waals surface area contributed by atoms with Crippen LogP contribution in [0.5, 0.6) is 5.75 Å². The fraction of sp³-hybridized carbons (Fsp3) is 0.635. The summed E-state index contributed by atoms with van der Waals surface area (Å²) in [5.41, 5.74) is 3.51. The van der Waals surface area contributed by atoms with Crippen molar-refractivity contribution in [3.8, 4) is 17.6 Å². The Kier molecular flexibility index (Phi) is 21.0. The van der Waals surface area contributed by atoms with E-state index >= 15 is 0 Å². The van der Waals surface area contributed by atoms with Gasteiger partial charge in [0.05, 0.1) is 24.4 Å². The number of aliphatic hydroxyl groups is 4. The van der Waals surface area contributed by atoms with Crippen molar-refractivity contribution in [2.24, 2.45) is 11.8 Å². The number of hydrogen-bond donors (Lipinski definition) is 8. The van der Waals surface area contributed by atoms with E-state index in [4.69, 9.17) is 0 Å². The molecule has 0 amide bonds. The van der Waals surface area contributed by atoms with Crippen LogP contribution in [0.15, 0.2) is 71.8 Å². The van der Waals surface area contributed by atoms with E-state index in [0.717, 1.165) is 85.6 Å². The third kappa shape index (κ3) is 16.3. The third-order valence-electron chi connectivity index (χ3n) is 13.2. The van der Waals surface area contributed by atoms with Gasteiger partial charge in [0, 0.05) is 48.5 Å². The van der Waals surface area contributed by atoms with Crippen LogP contribution in [-0.2, 0) is 11.2 Å². The minimum absolute atomic E-state index is 0.0153. The molecule has 9 heteroatoms. The predicted octanol–water partition coefficient (Wildman–Crippen LogP) is 8.71. The smallest absolute Gasteiger partial charge is 0.303 e. The molecule has 0 unspecified atom stereocenters. The second-order valence-corrected chi connectivity index (χ2v) is 18.7. The molecule has 0 radical (unpaired) electrons. The van der Waals surface area contributed by atoms with Gasteiger partial charge in [-0.2, -0.15) is 0 Å². The Bertz CT molecular complexity index is 1740. The van der Waals surface area contributed by atoms with Gasteiger partial charge >= 0.3 is 5.97 Å². The number of unbranched alkanes of at least 4 members (excludes halogenated alkanes) is 2. The SMILES string of the molecule is CCCCC[C@H](O)C=CC1=C(C[C@H](O)CO)[C@H](CCC[C@@H]2N[C@@H](C)CCC[C@H]2CC(=O)O)N[C@@H]([C@@](C)(O)[C@H](CCC(C)C)c2ccc(O)cc2)CC#Cc2ccccc2CC1. The number of phenolic OH excluding ortho intramolecular Hbond substituents is 1. The fourth-order valence-electron chi connectivity index (χ4n) is 9.55. The lowest BCUT2D eigenvalue weighted by Crippen LogP contribution is -2.56. The molecular formula is C52H78N2O7. The first-order valence-electron chi connectivity index (χ1n) is 23.4. The summed E-state index contributed by atoms with van der Waals surface area (Å²) >= 11 is 0. The zero-order valence-corrected chi connectivity index (χ0v) is 37.8. The average Bonchev–Trinajstić information content (AvgIpc) is 3.39. The Morgan fingerprint density at radius 2 is 1.72 bits per heavy atom. The summed E-state index contributed by atoms with van der Waals surface area (Å²) in [5.74, 6) is 6.42. The van der Waals surface area contributed by atoms with E-state index in [9.17, 15) is 35.4 Å². The number of aliphatic carboxylic acids is 1. The monoisotopic (exact) mass is 843 g/mol. The number of hydrogen-bond acceptors (Lipinski definition) is 8. The van der Waals surface area contributed by atoms with Crippen LogP contribution in [0.4, 0.5) is 0 Å². The van der Waals surface area contributed by atoms with Crippen molar-refractivity contribution in [1.29, 1.82) is 0 Å².